The van der Waals surface area contributed by atoms with Crippen molar-refractivity contribution in [2.45, 2.75) is 33.2 Å². The van der Waals surface area contributed by atoms with Gasteiger partial charge in [0.15, 0.2) is 0 Å². The second-order valence-electron chi connectivity index (χ2n) is 4.82. The van der Waals surface area contributed by atoms with E-state index in [9.17, 15) is 4.79 Å². The van der Waals surface area contributed by atoms with Crippen molar-refractivity contribution in [3.8, 4) is 0 Å². The van der Waals surface area contributed by atoms with Gasteiger partial charge in [0.25, 0.3) is 5.91 Å². The lowest BCUT2D eigenvalue weighted by Crippen LogP contribution is -2.38. The van der Waals surface area contributed by atoms with Crippen LogP contribution in [0.4, 0.5) is 0 Å². The highest BCUT2D eigenvalue weighted by atomic mass is 79.9. The smallest absolute Gasteiger partial charge is 0.251 e. The first-order valence-electron chi connectivity index (χ1n) is 6.08. The van der Waals surface area contributed by atoms with Gasteiger partial charge >= 0.3 is 0 Å². The Morgan fingerprint density at radius 3 is 2.56 bits per heavy atom. The van der Waals surface area contributed by atoms with Crippen LogP contribution in [0.25, 0.3) is 0 Å². The Morgan fingerprint density at radius 1 is 1.39 bits per heavy atom. The number of nitrogens with one attached hydrogen (secondary N) is 1. The van der Waals surface area contributed by atoms with Gasteiger partial charge in [-0.2, -0.15) is 0 Å². The number of alkyl halides is 1. The van der Waals surface area contributed by atoms with Gasteiger partial charge in [0.2, 0.25) is 0 Å². The molecule has 1 unspecified atom stereocenters. The van der Waals surface area contributed by atoms with E-state index in [1.807, 2.05) is 25.1 Å². The van der Waals surface area contributed by atoms with Crippen molar-refractivity contribution in [2.24, 2.45) is 5.92 Å². The van der Waals surface area contributed by atoms with Crippen molar-refractivity contribution >= 4 is 33.4 Å². The van der Waals surface area contributed by atoms with Gasteiger partial charge in [0.1, 0.15) is 0 Å². The average molecular weight is 333 g/mol. The number of hydrogen-bond donors (Lipinski definition) is 1. The minimum Gasteiger partial charge on any atom is -0.349 e. The van der Waals surface area contributed by atoms with Crippen LogP contribution in [-0.4, -0.2) is 17.8 Å². The van der Waals surface area contributed by atoms with E-state index in [-0.39, 0.29) is 11.9 Å². The second-order valence-corrected chi connectivity index (χ2v) is 6.11. The average Bonchev–Trinajstić information content (AvgIpc) is 2.26. The molecule has 18 heavy (non-hydrogen) atoms. The summed E-state index contributed by atoms with van der Waals surface area (Å²) >= 11 is 9.17. The third-order valence-corrected chi connectivity index (χ3v) is 3.52. The molecule has 0 aliphatic rings. The molecule has 1 amide bonds. The molecule has 0 radical (unpaired) electrons. The van der Waals surface area contributed by atoms with Gasteiger partial charge in [-0.15, -0.1) is 11.6 Å². The molecular formula is C14H19BrClNO. The Bertz CT molecular complexity index is 400. The molecule has 4 heteroatoms. The third-order valence-electron chi connectivity index (χ3n) is 2.85. The maximum Gasteiger partial charge on any atom is 0.251 e. The monoisotopic (exact) mass is 331 g/mol. The van der Waals surface area contributed by atoms with E-state index >= 15 is 0 Å². The van der Waals surface area contributed by atoms with Crippen LogP contribution in [-0.2, 0) is 0 Å². The SMILES string of the molecule is Cc1cc(Br)cc(C(=O)NC(CCCl)C(C)C)c1. The predicted octanol–water partition coefficient (Wildman–Crippen LogP) is 4.14. The molecule has 0 spiro atoms. The first kappa shape index (κ1) is 15.5. The van der Waals surface area contributed by atoms with Gasteiger partial charge in [-0.05, 0) is 43.0 Å². The van der Waals surface area contributed by atoms with Gasteiger partial charge in [-0.1, -0.05) is 29.8 Å². The number of benzene rings is 1. The van der Waals surface area contributed by atoms with E-state index in [4.69, 9.17) is 11.6 Å². The molecule has 1 aromatic carbocycles. The van der Waals surface area contributed by atoms with E-state index in [2.05, 4.69) is 35.1 Å². The Labute approximate surface area is 122 Å². The number of amides is 1. The Kier molecular flexibility index (Phi) is 6.16. The van der Waals surface area contributed by atoms with Crippen LogP contribution < -0.4 is 5.32 Å². The molecule has 0 heterocycles. The van der Waals surface area contributed by atoms with Crippen LogP contribution in [0.2, 0.25) is 0 Å². The summed E-state index contributed by atoms with van der Waals surface area (Å²) in [5.74, 6) is 0.893. The zero-order valence-corrected chi connectivity index (χ0v) is 13.3. The highest BCUT2D eigenvalue weighted by molar-refractivity contribution is 9.10. The lowest BCUT2D eigenvalue weighted by Gasteiger charge is -2.21. The summed E-state index contributed by atoms with van der Waals surface area (Å²) in [6.07, 6.45) is 0.790. The lowest BCUT2D eigenvalue weighted by molar-refractivity contribution is 0.0925. The van der Waals surface area contributed by atoms with E-state index in [0.29, 0.717) is 17.4 Å². The van der Waals surface area contributed by atoms with Crippen LogP contribution in [0.3, 0.4) is 0 Å². The molecule has 0 aliphatic heterocycles. The first-order valence-corrected chi connectivity index (χ1v) is 7.40. The zero-order valence-electron chi connectivity index (χ0n) is 11.0. The number of aryl methyl sites for hydroxylation is 1. The van der Waals surface area contributed by atoms with Gasteiger partial charge in [-0.3, -0.25) is 4.79 Å². The van der Waals surface area contributed by atoms with E-state index in [1.165, 1.54) is 0 Å². The van der Waals surface area contributed by atoms with Crippen molar-refractivity contribution in [3.05, 3.63) is 33.8 Å². The molecule has 0 fully saturated rings. The molecule has 1 N–H and O–H groups in total. The maximum atomic E-state index is 12.2. The summed E-state index contributed by atoms with van der Waals surface area (Å²) in [6, 6.07) is 5.82. The molecule has 0 aliphatic carbocycles. The van der Waals surface area contributed by atoms with Crippen molar-refractivity contribution in [1.82, 2.24) is 5.32 Å². The highest BCUT2D eigenvalue weighted by Gasteiger charge is 2.16. The molecule has 0 aromatic heterocycles. The highest BCUT2D eigenvalue weighted by Crippen LogP contribution is 2.16. The summed E-state index contributed by atoms with van der Waals surface area (Å²) < 4.78 is 0.922. The van der Waals surface area contributed by atoms with Crippen LogP contribution >= 0.6 is 27.5 Å². The molecule has 1 rings (SSSR count). The summed E-state index contributed by atoms with van der Waals surface area (Å²) in [7, 11) is 0. The maximum absolute atomic E-state index is 12.2. The van der Waals surface area contributed by atoms with E-state index in [1.54, 1.807) is 0 Å². The Morgan fingerprint density at radius 2 is 2.06 bits per heavy atom. The van der Waals surface area contributed by atoms with Crippen LogP contribution in [0.5, 0.6) is 0 Å². The zero-order chi connectivity index (χ0) is 13.7. The van der Waals surface area contributed by atoms with Gasteiger partial charge in [0, 0.05) is 22.0 Å². The van der Waals surface area contributed by atoms with E-state index in [0.717, 1.165) is 16.5 Å². The van der Waals surface area contributed by atoms with Crippen LogP contribution in [0, 0.1) is 12.8 Å². The molecule has 100 valence electrons. The lowest BCUT2D eigenvalue weighted by atomic mass is 10.0. The van der Waals surface area contributed by atoms with E-state index < -0.39 is 0 Å². The van der Waals surface area contributed by atoms with Crippen LogP contribution in [0.15, 0.2) is 22.7 Å². The molecule has 0 bridgehead atoms. The van der Waals surface area contributed by atoms with Crippen LogP contribution in [0.1, 0.15) is 36.2 Å². The summed E-state index contributed by atoms with van der Waals surface area (Å²) in [6.45, 7) is 6.15. The number of halogens is 2. The molecule has 2 nitrogen and oxygen atoms in total. The third kappa shape index (κ3) is 4.62. The minimum atomic E-state index is -0.0387. The summed E-state index contributed by atoms with van der Waals surface area (Å²) in [5.41, 5.74) is 1.75. The summed E-state index contributed by atoms with van der Waals surface area (Å²) in [5, 5.41) is 3.04. The molecule has 0 saturated carbocycles. The van der Waals surface area contributed by atoms with Gasteiger partial charge in [0.05, 0.1) is 0 Å². The number of hydrogen-bond acceptors (Lipinski definition) is 1. The minimum absolute atomic E-state index is 0.0387. The Balaban J connectivity index is 2.80. The van der Waals surface area contributed by atoms with Crippen molar-refractivity contribution < 1.29 is 4.79 Å². The topological polar surface area (TPSA) is 29.1 Å². The number of carbonyl (C=O) groups excluding carboxylic acids is 1. The number of carbonyl (C=O) groups is 1. The quantitative estimate of drug-likeness (QED) is 0.807. The van der Waals surface area contributed by atoms with Crippen molar-refractivity contribution in [1.29, 1.82) is 0 Å². The molecule has 0 saturated heterocycles. The van der Waals surface area contributed by atoms with Gasteiger partial charge < -0.3 is 5.32 Å². The normalized spacial score (nSPS) is 12.6. The molecule has 1 aromatic rings. The summed E-state index contributed by atoms with van der Waals surface area (Å²) in [4.78, 5) is 12.2. The van der Waals surface area contributed by atoms with Crippen molar-refractivity contribution in [3.63, 3.8) is 0 Å². The first-order chi connectivity index (χ1) is 8.43. The Hall–Kier alpha value is -0.540. The predicted molar refractivity (Wildman–Crippen MR) is 80.3 cm³/mol. The fourth-order valence-electron chi connectivity index (χ4n) is 1.81. The molecular weight excluding hydrogens is 314 g/mol. The largest absolute Gasteiger partial charge is 0.349 e. The van der Waals surface area contributed by atoms with Crippen molar-refractivity contribution in [2.75, 3.05) is 5.88 Å². The van der Waals surface area contributed by atoms with Gasteiger partial charge in [-0.25, -0.2) is 0 Å². The fourth-order valence-corrected chi connectivity index (χ4v) is 2.65. The fraction of sp³-hybridized carbons (Fsp3) is 0.500. The standard InChI is InChI=1S/C14H19BrClNO/c1-9(2)13(4-5-16)17-14(18)11-6-10(3)7-12(15)8-11/h6-9,13H,4-5H2,1-3H3,(H,17,18). The molecule has 1 atom stereocenters. The number of rotatable bonds is 5. The second kappa shape index (κ2) is 7.15.